The summed E-state index contributed by atoms with van der Waals surface area (Å²) in [6.07, 6.45) is 3.54. The molecule has 1 saturated heterocycles. The van der Waals surface area contributed by atoms with Gasteiger partial charge in [0.15, 0.2) is 0 Å². The van der Waals surface area contributed by atoms with Gasteiger partial charge in [-0.15, -0.1) is 23.2 Å². The monoisotopic (exact) mass is 404 g/mol. The number of hydrogen-bond acceptors (Lipinski definition) is 4. The summed E-state index contributed by atoms with van der Waals surface area (Å²) >= 11 is 11.8. The normalized spacial score (nSPS) is 33.3. The SMILES string of the molecule is CC(C)(C)C1CCC2(CC1)NC(=O)N(CC(=O)OC[C@@H]1CC1(Cl)Cl)C2=O. The van der Waals surface area contributed by atoms with Gasteiger partial charge in [-0.2, -0.15) is 0 Å². The number of nitrogens with zero attached hydrogens (tertiary/aromatic N) is 1. The van der Waals surface area contributed by atoms with Gasteiger partial charge in [0, 0.05) is 5.92 Å². The zero-order valence-electron chi connectivity index (χ0n) is 15.4. The molecule has 1 spiro atoms. The highest BCUT2D eigenvalue weighted by Gasteiger charge is 2.54. The van der Waals surface area contributed by atoms with E-state index in [-0.39, 0.29) is 30.4 Å². The van der Waals surface area contributed by atoms with Crippen molar-refractivity contribution >= 4 is 41.1 Å². The van der Waals surface area contributed by atoms with Gasteiger partial charge in [-0.3, -0.25) is 14.5 Å². The Morgan fingerprint density at radius 3 is 2.35 bits per heavy atom. The van der Waals surface area contributed by atoms with Crippen LogP contribution in [0, 0.1) is 17.3 Å². The van der Waals surface area contributed by atoms with Crippen molar-refractivity contribution < 1.29 is 19.1 Å². The lowest BCUT2D eigenvalue weighted by Crippen LogP contribution is -2.50. The summed E-state index contributed by atoms with van der Waals surface area (Å²) in [5.74, 6) is -0.508. The minimum absolute atomic E-state index is 0.0862. The number of ether oxygens (including phenoxy) is 1. The molecule has 0 aromatic carbocycles. The van der Waals surface area contributed by atoms with Crippen LogP contribution in [0.2, 0.25) is 0 Å². The molecule has 1 N–H and O–H groups in total. The summed E-state index contributed by atoms with van der Waals surface area (Å²) in [5.41, 5.74) is -0.684. The van der Waals surface area contributed by atoms with Crippen LogP contribution >= 0.6 is 23.2 Å². The van der Waals surface area contributed by atoms with E-state index >= 15 is 0 Å². The van der Waals surface area contributed by atoms with Crippen LogP contribution < -0.4 is 5.32 Å². The second-order valence-electron chi connectivity index (χ2n) is 8.89. The topological polar surface area (TPSA) is 75.7 Å². The van der Waals surface area contributed by atoms with Crippen molar-refractivity contribution in [3.63, 3.8) is 0 Å². The molecule has 26 heavy (non-hydrogen) atoms. The molecule has 0 radical (unpaired) electrons. The van der Waals surface area contributed by atoms with Gasteiger partial charge >= 0.3 is 12.0 Å². The molecule has 3 fully saturated rings. The van der Waals surface area contributed by atoms with E-state index in [1.165, 1.54) is 0 Å². The number of nitrogens with one attached hydrogen (secondary N) is 1. The van der Waals surface area contributed by atoms with E-state index in [1.807, 2.05) is 0 Å². The molecule has 3 amide bonds. The lowest BCUT2D eigenvalue weighted by atomic mass is 9.67. The Morgan fingerprint density at radius 1 is 1.27 bits per heavy atom. The molecule has 6 nitrogen and oxygen atoms in total. The maximum atomic E-state index is 12.8. The molecule has 1 aliphatic heterocycles. The summed E-state index contributed by atoms with van der Waals surface area (Å²) in [5, 5.41) is 2.82. The second-order valence-corrected chi connectivity index (χ2v) is 10.4. The van der Waals surface area contributed by atoms with Crippen LogP contribution in [0.15, 0.2) is 0 Å². The van der Waals surface area contributed by atoms with Crippen LogP contribution in [0.1, 0.15) is 52.9 Å². The van der Waals surface area contributed by atoms with Gasteiger partial charge in [-0.05, 0) is 43.4 Å². The van der Waals surface area contributed by atoms with Gasteiger partial charge < -0.3 is 10.1 Å². The van der Waals surface area contributed by atoms with E-state index in [4.69, 9.17) is 27.9 Å². The molecular formula is C18H26Cl2N2O4. The van der Waals surface area contributed by atoms with Crippen LogP contribution in [-0.4, -0.2) is 45.8 Å². The number of carbonyl (C=O) groups is 3. The standard InChI is InChI=1S/C18H26Cl2N2O4/c1-16(2,3)11-4-6-17(7-5-11)14(24)22(15(25)21-17)9-13(23)26-10-12-8-18(12,19)20/h11-12H,4-10H2,1-3H3,(H,21,25)/t11?,12-,17?/m0/s1. The van der Waals surface area contributed by atoms with E-state index < -0.39 is 21.9 Å². The average molecular weight is 405 g/mol. The highest BCUT2D eigenvalue weighted by molar-refractivity contribution is 6.50. The number of esters is 1. The van der Waals surface area contributed by atoms with Crippen LogP contribution in [0.5, 0.6) is 0 Å². The summed E-state index contributed by atoms with van der Waals surface area (Å²) in [7, 11) is 0. The Balaban J connectivity index is 1.55. The number of amides is 3. The smallest absolute Gasteiger partial charge is 0.326 e. The summed E-state index contributed by atoms with van der Waals surface area (Å²) in [6, 6.07) is -0.517. The van der Waals surface area contributed by atoms with E-state index in [9.17, 15) is 14.4 Å². The molecule has 2 saturated carbocycles. The van der Waals surface area contributed by atoms with Crippen LogP contribution in [0.3, 0.4) is 0 Å². The number of halogens is 2. The number of carbonyl (C=O) groups excluding carboxylic acids is 3. The van der Waals surface area contributed by atoms with Gasteiger partial charge in [0.25, 0.3) is 5.91 Å². The van der Waals surface area contributed by atoms with Gasteiger partial charge in [-0.25, -0.2) is 4.79 Å². The van der Waals surface area contributed by atoms with Crippen molar-refractivity contribution in [3.8, 4) is 0 Å². The Labute approximate surface area is 163 Å². The fourth-order valence-corrected chi connectivity index (χ4v) is 4.45. The third-order valence-corrected chi connectivity index (χ3v) is 6.92. The zero-order chi connectivity index (χ0) is 19.3. The van der Waals surface area contributed by atoms with Gasteiger partial charge in [0.2, 0.25) is 0 Å². The van der Waals surface area contributed by atoms with Crippen molar-refractivity contribution in [1.29, 1.82) is 0 Å². The highest BCUT2D eigenvalue weighted by atomic mass is 35.5. The van der Waals surface area contributed by atoms with Gasteiger partial charge in [0.05, 0.1) is 6.61 Å². The van der Waals surface area contributed by atoms with Gasteiger partial charge in [0.1, 0.15) is 16.4 Å². The second kappa shape index (κ2) is 6.55. The van der Waals surface area contributed by atoms with E-state index in [2.05, 4.69) is 26.1 Å². The molecule has 0 unspecified atom stereocenters. The first-order chi connectivity index (χ1) is 11.9. The molecule has 0 aromatic heterocycles. The average Bonchev–Trinajstić information content (AvgIpc) is 3.09. The molecule has 146 valence electrons. The molecular weight excluding hydrogens is 379 g/mol. The van der Waals surface area contributed by atoms with Gasteiger partial charge in [-0.1, -0.05) is 20.8 Å². The van der Waals surface area contributed by atoms with Crippen LogP contribution in [0.4, 0.5) is 4.79 Å². The minimum Gasteiger partial charge on any atom is -0.464 e. The maximum Gasteiger partial charge on any atom is 0.326 e. The van der Waals surface area contributed by atoms with Crippen molar-refractivity contribution in [2.75, 3.05) is 13.2 Å². The molecule has 1 heterocycles. The fraction of sp³-hybridized carbons (Fsp3) is 0.833. The fourth-order valence-electron chi connectivity index (χ4n) is 3.95. The molecule has 3 rings (SSSR count). The molecule has 2 aliphatic carbocycles. The van der Waals surface area contributed by atoms with E-state index in [0.717, 1.165) is 17.7 Å². The quantitative estimate of drug-likeness (QED) is 0.443. The zero-order valence-corrected chi connectivity index (χ0v) is 17.0. The predicted octanol–water partition coefficient (Wildman–Crippen LogP) is 3.25. The predicted molar refractivity (Wildman–Crippen MR) is 97.9 cm³/mol. The Bertz CT molecular complexity index is 621. The third-order valence-electron chi connectivity index (χ3n) is 6.00. The van der Waals surface area contributed by atoms with Crippen molar-refractivity contribution in [1.82, 2.24) is 10.2 Å². The van der Waals surface area contributed by atoms with E-state index in [0.29, 0.717) is 25.2 Å². The molecule has 0 aromatic rings. The minimum atomic E-state index is -0.864. The summed E-state index contributed by atoms with van der Waals surface area (Å²) in [6.45, 7) is 6.32. The lowest BCUT2D eigenvalue weighted by molar-refractivity contribution is -0.148. The van der Waals surface area contributed by atoms with Crippen molar-refractivity contribution in [2.45, 2.75) is 62.7 Å². The third kappa shape index (κ3) is 3.81. The first kappa shape index (κ1) is 19.7. The Kier molecular flexibility index (Phi) is 4.98. The summed E-state index contributed by atoms with van der Waals surface area (Å²) in [4.78, 5) is 38.1. The molecule has 1 atom stereocenters. The first-order valence-corrected chi connectivity index (χ1v) is 9.88. The van der Waals surface area contributed by atoms with Crippen LogP contribution in [-0.2, 0) is 14.3 Å². The van der Waals surface area contributed by atoms with E-state index in [1.54, 1.807) is 0 Å². The highest BCUT2D eigenvalue weighted by Crippen LogP contribution is 2.53. The molecule has 3 aliphatic rings. The number of urea groups is 1. The van der Waals surface area contributed by atoms with Crippen molar-refractivity contribution in [3.05, 3.63) is 0 Å². The number of hydrogen-bond donors (Lipinski definition) is 1. The number of imide groups is 1. The van der Waals surface area contributed by atoms with Crippen molar-refractivity contribution in [2.24, 2.45) is 17.3 Å². The Morgan fingerprint density at radius 2 is 1.85 bits per heavy atom. The lowest BCUT2D eigenvalue weighted by Gasteiger charge is -2.40. The number of rotatable bonds is 4. The molecule has 8 heteroatoms. The molecule has 0 bridgehead atoms. The first-order valence-electron chi connectivity index (χ1n) is 9.12. The largest absolute Gasteiger partial charge is 0.464 e. The maximum absolute atomic E-state index is 12.8. The number of alkyl halides is 2. The summed E-state index contributed by atoms with van der Waals surface area (Å²) < 4.78 is 4.29. The van der Waals surface area contributed by atoms with Crippen LogP contribution in [0.25, 0.3) is 0 Å². The Hall–Kier alpha value is -1.01.